The van der Waals surface area contributed by atoms with Gasteiger partial charge in [-0.25, -0.2) is 0 Å². The molecular weight excluding hydrogens is 214 g/mol. The SMILES string of the molecule is CCc1ccccc1C(=O)N1CCCC1CO. The van der Waals surface area contributed by atoms with Crippen molar-refractivity contribution in [3.8, 4) is 0 Å². The van der Waals surface area contributed by atoms with Crippen LogP contribution in [0.5, 0.6) is 0 Å². The molecule has 0 aromatic heterocycles. The highest BCUT2D eigenvalue weighted by atomic mass is 16.3. The Morgan fingerprint density at radius 2 is 2.24 bits per heavy atom. The van der Waals surface area contributed by atoms with Crippen LogP contribution in [0, 0.1) is 0 Å². The molecule has 17 heavy (non-hydrogen) atoms. The topological polar surface area (TPSA) is 40.5 Å². The molecule has 1 aliphatic rings. The van der Waals surface area contributed by atoms with Gasteiger partial charge in [0.05, 0.1) is 12.6 Å². The average molecular weight is 233 g/mol. The zero-order chi connectivity index (χ0) is 12.3. The van der Waals surface area contributed by atoms with Crippen molar-refractivity contribution >= 4 is 5.91 Å². The predicted molar refractivity (Wildman–Crippen MR) is 67.0 cm³/mol. The third-order valence-corrected chi connectivity index (χ3v) is 3.48. The van der Waals surface area contributed by atoms with E-state index in [-0.39, 0.29) is 18.6 Å². The van der Waals surface area contributed by atoms with Crippen molar-refractivity contribution in [3.63, 3.8) is 0 Å². The van der Waals surface area contributed by atoms with Crippen molar-refractivity contribution in [3.05, 3.63) is 35.4 Å². The van der Waals surface area contributed by atoms with Crippen LogP contribution < -0.4 is 0 Å². The summed E-state index contributed by atoms with van der Waals surface area (Å²) in [6, 6.07) is 7.75. The first-order valence-electron chi connectivity index (χ1n) is 6.27. The Bertz CT molecular complexity index is 403. The largest absolute Gasteiger partial charge is 0.394 e. The minimum atomic E-state index is 0.00686. The molecule has 1 N–H and O–H groups in total. The molecular formula is C14H19NO2. The van der Waals surface area contributed by atoms with Crippen LogP contribution in [-0.2, 0) is 6.42 Å². The first kappa shape index (κ1) is 12.1. The lowest BCUT2D eigenvalue weighted by molar-refractivity contribution is 0.0676. The number of aryl methyl sites for hydroxylation is 1. The molecule has 0 radical (unpaired) electrons. The lowest BCUT2D eigenvalue weighted by Crippen LogP contribution is -2.38. The van der Waals surface area contributed by atoms with E-state index in [1.807, 2.05) is 29.2 Å². The molecule has 0 bridgehead atoms. The molecule has 3 heteroatoms. The lowest BCUT2D eigenvalue weighted by Gasteiger charge is -2.24. The number of nitrogens with zero attached hydrogens (tertiary/aromatic N) is 1. The van der Waals surface area contributed by atoms with Gasteiger partial charge in [-0.2, -0.15) is 0 Å². The molecule has 1 aliphatic heterocycles. The van der Waals surface area contributed by atoms with Gasteiger partial charge < -0.3 is 10.0 Å². The van der Waals surface area contributed by atoms with Gasteiger partial charge in [0.25, 0.3) is 5.91 Å². The van der Waals surface area contributed by atoms with E-state index in [1.165, 1.54) is 0 Å². The predicted octanol–water partition coefficient (Wildman–Crippen LogP) is 1.85. The first-order valence-corrected chi connectivity index (χ1v) is 6.27. The van der Waals surface area contributed by atoms with Crippen LogP contribution in [0.1, 0.15) is 35.7 Å². The van der Waals surface area contributed by atoms with Crippen LogP contribution in [0.25, 0.3) is 0 Å². The molecule has 1 aromatic carbocycles. The number of carbonyl (C=O) groups excluding carboxylic acids is 1. The molecule has 3 nitrogen and oxygen atoms in total. The zero-order valence-electron chi connectivity index (χ0n) is 10.2. The number of hydrogen-bond acceptors (Lipinski definition) is 2. The summed E-state index contributed by atoms with van der Waals surface area (Å²) >= 11 is 0. The summed E-state index contributed by atoms with van der Waals surface area (Å²) in [4.78, 5) is 14.2. The standard InChI is InChI=1S/C14H19NO2/c1-2-11-6-3-4-8-13(11)14(17)15-9-5-7-12(15)10-16/h3-4,6,8,12,16H,2,5,7,9-10H2,1H3. The van der Waals surface area contributed by atoms with Crippen molar-refractivity contribution in [2.24, 2.45) is 0 Å². The van der Waals surface area contributed by atoms with E-state index in [1.54, 1.807) is 0 Å². The smallest absolute Gasteiger partial charge is 0.254 e. The Labute approximate surface area is 102 Å². The van der Waals surface area contributed by atoms with Crippen LogP contribution in [0.3, 0.4) is 0 Å². The minimum absolute atomic E-state index is 0.00686. The fraction of sp³-hybridized carbons (Fsp3) is 0.500. The Hall–Kier alpha value is -1.35. The van der Waals surface area contributed by atoms with Gasteiger partial charge in [-0.3, -0.25) is 4.79 Å². The van der Waals surface area contributed by atoms with Crippen LogP contribution in [-0.4, -0.2) is 35.1 Å². The second-order valence-corrected chi connectivity index (χ2v) is 4.49. The molecule has 2 rings (SSSR count). The number of hydrogen-bond donors (Lipinski definition) is 1. The van der Waals surface area contributed by atoms with Gasteiger partial charge in [-0.05, 0) is 30.9 Å². The molecule has 0 aliphatic carbocycles. The number of likely N-dealkylation sites (tertiary alicyclic amines) is 1. The summed E-state index contributed by atoms with van der Waals surface area (Å²) in [5.74, 6) is 0.0685. The number of carbonyl (C=O) groups is 1. The Kier molecular flexibility index (Phi) is 3.79. The van der Waals surface area contributed by atoms with Crippen LogP contribution in [0.2, 0.25) is 0 Å². The Morgan fingerprint density at radius 3 is 2.94 bits per heavy atom. The van der Waals surface area contributed by atoms with E-state index in [4.69, 9.17) is 0 Å². The van der Waals surface area contributed by atoms with Crippen molar-refractivity contribution in [1.82, 2.24) is 4.90 Å². The molecule has 92 valence electrons. The first-order chi connectivity index (χ1) is 8.27. The van der Waals surface area contributed by atoms with Crippen LogP contribution in [0.4, 0.5) is 0 Å². The molecule has 1 heterocycles. The van der Waals surface area contributed by atoms with Crippen molar-refractivity contribution < 1.29 is 9.90 Å². The molecule has 0 saturated carbocycles. The van der Waals surface area contributed by atoms with Gasteiger partial charge in [0.15, 0.2) is 0 Å². The average Bonchev–Trinajstić information content (AvgIpc) is 2.86. The molecule has 1 unspecified atom stereocenters. The molecule has 1 fully saturated rings. The van der Waals surface area contributed by atoms with Crippen molar-refractivity contribution in [1.29, 1.82) is 0 Å². The maximum Gasteiger partial charge on any atom is 0.254 e. The molecule has 0 spiro atoms. The minimum Gasteiger partial charge on any atom is -0.394 e. The van der Waals surface area contributed by atoms with Gasteiger partial charge in [-0.15, -0.1) is 0 Å². The Balaban J connectivity index is 2.24. The van der Waals surface area contributed by atoms with Crippen LogP contribution in [0.15, 0.2) is 24.3 Å². The summed E-state index contributed by atoms with van der Waals surface area (Å²) < 4.78 is 0. The van der Waals surface area contributed by atoms with Gasteiger partial charge in [-0.1, -0.05) is 25.1 Å². The number of aliphatic hydroxyl groups is 1. The highest BCUT2D eigenvalue weighted by Gasteiger charge is 2.29. The fourth-order valence-corrected chi connectivity index (χ4v) is 2.48. The van der Waals surface area contributed by atoms with Gasteiger partial charge >= 0.3 is 0 Å². The third kappa shape index (κ3) is 2.34. The maximum atomic E-state index is 12.4. The van der Waals surface area contributed by atoms with Crippen LogP contribution >= 0.6 is 0 Å². The van der Waals surface area contributed by atoms with E-state index in [9.17, 15) is 9.90 Å². The number of aliphatic hydroxyl groups excluding tert-OH is 1. The van der Waals surface area contributed by atoms with E-state index >= 15 is 0 Å². The highest BCUT2D eigenvalue weighted by molar-refractivity contribution is 5.96. The fourth-order valence-electron chi connectivity index (χ4n) is 2.48. The van der Waals surface area contributed by atoms with Gasteiger partial charge in [0.2, 0.25) is 0 Å². The van der Waals surface area contributed by atoms with E-state index in [0.29, 0.717) is 0 Å². The molecule has 1 aromatic rings. The number of rotatable bonds is 3. The quantitative estimate of drug-likeness (QED) is 0.865. The second kappa shape index (κ2) is 5.32. The third-order valence-electron chi connectivity index (χ3n) is 3.48. The molecule has 1 atom stereocenters. The lowest BCUT2D eigenvalue weighted by atomic mass is 10.0. The van der Waals surface area contributed by atoms with Gasteiger partial charge in [0.1, 0.15) is 0 Å². The normalized spacial score (nSPS) is 19.6. The summed E-state index contributed by atoms with van der Waals surface area (Å²) in [6.45, 7) is 2.89. The van der Waals surface area contributed by atoms with Crippen molar-refractivity contribution in [2.45, 2.75) is 32.2 Å². The summed E-state index contributed by atoms with van der Waals surface area (Å²) in [5.41, 5.74) is 1.87. The van der Waals surface area contributed by atoms with Gasteiger partial charge in [0, 0.05) is 12.1 Å². The molecule has 1 saturated heterocycles. The summed E-state index contributed by atoms with van der Waals surface area (Å²) in [7, 11) is 0. The number of amides is 1. The maximum absolute atomic E-state index is 12.4. The highest BCUT2D eigenvalue weighted by Crippen LogP contribution is 2.21. The Morgan fingerprint density at radius 1 is 1.47 bits per heavy atom. The van der Waals surface area contributed by atoms with E-state index in [2.05, 4.69) is 6.92 Å². The second-order valence-electron chi connectivity index (χ2n) is 4.49. The monoisotopic (exact) mass is 233 g/mol. The zero-order valence-corrected chi connectivity index (χ0v) is 10.2. The summed E-state index contributed by atoms with van der Waals surface area (Å²) in [5, 5.41) is 9.26. The van der Waals surface area contributed by atoms with E-state index < -0.39 is 0 Å². The number of benzene rings is 1. The van der Waals surface area contributed by atoms with E-state index in [0.717, 1.165) is 36.9 Å². The van der Waals surface area contributed by atoms with Crippen molar-refractivity contribution in [2.75, 3.05) is 13.2 Å². The molecule has 1 amide bonds. The summed E-state index contributed by atoms with van der Waals surface area (Å²) in [6.07, 6.45) is 2.77.